The summed E-state index contributed by atoms with van der Waals surface area (Å²) in [4.78, 5) is 35.6. The molecule has 0 unspecified atom stereocenters. The number of esters is 1. The molecule has 1 aliphatic rings. The van der Waals surface area contributed by atoms with Gasteiger partial charge in [-0.15, -0.1) is 0 Å². The number of amides is 2. The second-order valence-electron chi connectivity index (χ2n) is 6.07. The lowest BCUT2D eigenvalue weighted by atomic mass is 9.96. The summed E-state index contributed by atoms with van der Waals surface area (Å²) in [7, 11) is 0. The van der Waals surface area contributed by atoms with Crippen LogP contribution in [-0.2, 0) is 14.4 Å². The van der Waals surface area contributed by atoms with Gasteiger partial charge in [-0.05, 0) is 31.9 Å². The second-order valence-corrected chi connectivity index (χ2v) is 6.07. The summed E-state index contributed by atoms with van der Waals surface area (Å²) in [5, 5.41) is 2.42. The zero-order chi connectivity index (χ0) is 19.3. The molecule has 1 fully saturated rings. The van der Waals surface area contributed by atoms with Crippen LogP contribution in [0.15, 0.2) is 24.3 Å². The maximum Gasteiger partial charge on any atom is 0.471 e. The molecule has 1 aromatic rings. The fourth-order valence-electron chi connectivity index (χ4n) is 2.60. The maximum atomic E-state index is 12.4. The number of aryl methyl sites for hydroxylation is 1. The van der Waals surface area contributed by atoms with Crippen molar-refractivity contribution in [3.05, 3.63) is 29.8 Å². The number of ether oxygens (including phenoxy) is 1. The number of piperidine rings is 1. The first-order chi connectivity index (χ1) is 12.2. The molecule has 0 atom stereocenters. The molecule has 1 aromatic carbocycles. The van der Waals surface area contributed by atoms with Gasteiger partial charge < -0.3 is 15.0 Å². The minimum atomic E-state index is -4.91. The van der Waals surface area contributed by atoms with Crippen LogP contribution in [0.3, 0.4) is 0 Å². The predicted octanol–water partition coefficient (Wildman–Crippen LogP) is 1.82. The lowest BCUT2D eigenvalue weighted by molar-refractivity contribution is -0.186. The molecule has 0 spiro atoms. The smallest absolute Gasteiger partial charge is 0.425 e. The predicted molar refractivity (Wildman–Crippen MR) is 85.2 cm³/mol. The molecule has 0 aliphatic carbocycles. The molecular formula is C17H19F3N2O4. The number of halogens is 3. The van der Waals surface area contributed by atoms with Crippen LogP contribution in [-0.4, -0.2) is 48.5 Å². The van der Waals surface area contributed by atoms with Gasteiger partial charge in [0.1, 0.15) is 12.3 Å². The molecule has 1 N–H and O–H groups in total. The van der Waals surface area contributed by atoms with E-state index in [9.17, 15) is 27.6 Å². The topological polar surface area (TPSA) is 75.7 Å². The van der Waals surface area contributed by atoms with Gasteiger partial charge in [-0.1, -0.05) is 17.7 Å². The van der Waals surface area contributed by atoms with Crippen molar-refractivity contribution in [3.63, 3.8) is 0 Å². The van der Waals surface area contributed by atoms with Crippen molar-refractivity contribution >= 4 is 17.8 Å². The number of likely N-dealkylation sites (tertiary alicyclic amines) is 1. The lowest BCUT2D eigenvalue weighted by Crippen LogP contribution is -2.48. The van der Waals surface area contributed by atoms with Crippen LogP contribution < -0.4 is 10.1 Å². The van der Waals surface area contributed by atoms with Gasteiger partial charge in [-0.3, -0.25) is 9.59 Å². The van der Waals surface area contributed by atoms with Gasteiger partial charge in [0.25, 0.3) is 0 Å². The quantitative estimate of drug-likeness (QED) is 0.646. The van der Waals surface area contributed by atoms with Crippen molar-refractivity contribution in [2.24, 2.45) is 5.92 Å². The monoisotopic (exact) mass is 372 g/mol. The highest BCUT2D eigenvalue weighted by Gasteiger charge is 2.43. The Balaban J connectivity index is 1.74. The van der Waals surface area contributed by atoms with Crippen molar-refractivity contribution in [1.82, 2.24) is 10.2 Å². The van der Waals surface area contributed by atoms with Crippen LogP contribution in [0, 0.1) is 12.8 Å². The Hall–Kier alpha value is -2.58. The first kappa shape index (κ1) is 19.7. The van der Waals surface area contributed by atoms with E-state index < -0.39 is 29.9 Å². The summed E-state index contributed by atoms with van der Waals surface area (Å²) in [5.41, 5.74) is 1.01. The van der Waals surface area contributed by atoms with Gasteiger partial charge in [0, 0.05) is 19.0 Å². The van der Waals surface area contributed by atoms with Crippen LogP contribution in [0.25, 0.3) is 0 Å². The minimum Gasteiger partial charge on any atom is -0.425 e. The van der Waals surface area contributed by atoms with E-state index in [2.05, 4.69) is 5.32 Å². The highest BCUT2D eigenvalue weighted by Crippen LogP contribution is 2.24. The zero-order valence-electron chi connectivity index (χ0n) is 14.1. The fraction of sp³-hybridized carbons (Fsp3) is 0.471. The number of carbonyl (C=O) groups excluding carboxylic acids is 3. The number of nitrogens with one attached hydrogen (secondary N) is 1. The van der Waals surface area contributed by atoms with E-state index in [0.29, 0.717) is 10.6 Å². The Morgan fingerprint density at radius 2 is 1.73 bits per heavy atom. The molecule has 0 radical (unpaired) electrons. The zero-order valence-corrected chi connectivity index (χ0v) is 14.1. The van der Waals surface area contributed by atoms with Crippen LogP contribution in [0.4, 0.5) is 13.2 Å². The van der Waals surface area contributed by atoms with E-state index in [1.165, 1.54) is 0 Å². The van der Waals surface area contributed by atoms with Crippen molar-refractivity contribution in [1.29, 1.82) is 0 Å². The van der Waals surface area contributed by atoms with Gasteiger partial charge in [0.05, 0.1) is 0 Å². The lowest BCUT2D eigenvalue weighted by Gasteiger charge is -2.31. The molecule has 1 heterocycles. The average molecular weight is 372 g/mol. The molecule has 1 aliphatic heterocycles. The van der Waals surface area contributed by atoms with E-state index in [1.54, 1.807) is 24.3 Å². The van der Waals surface area contributed by atoms with Gasteiger partial charge in [-0.25, -0.2) is 4.79 Å². The molecule has 2 amide bonds. The molecule has 2 rings (SSSR count). The molecular weight excluding hydrogens is 353 g/mol. The summed E-state index contributed by atoms with van der Waals surface area (Å²) >= 11 is 0. The number of hydrogen-bond acceptors (Lipinski definition) is 4. The molecule has 142 valence electrons. The normalized spacial score (nSPS) is 15.5. The van der Waals surface area contributed by atoms with Gasteiger partial charge in [0.15, 0.2) is 0 Å². The third-order valence-corrected chi connectivity index (χ3v) is 4.06. The summed E-state index contributed by atoms with van der Waals surface area (Å²) in [6, 6.07) is 6.80. The SMILES string of the molecule is Cc1ccc(OC(=O)CNC(=O)C2CCN(C(=O)C(F)(F)F)CC2)cc1. The van der Waals surface area contributed by atoms with Gasteiger partial charge in [-0.2, -0.15) is 13.2 Å². The van der Waals surface area contributed by atoms with Gasteiger partial charge >= 0.3 is 18.1 Å². The first-order valence-corrected chi connectivity index (χ1v) is 8.08. The van der Waals surface area contributed by atoms with E-state index in [1.807, 2.05) is 6.92 Å². The molecule has 0 aromatic heterocycles. The van der Waals surface area contributed by atoms with E-state index in [4.69, 9.17) is 4.74 Å². The Kier molecular flexibility index (Phi) is 6.23. The third kappa shape index (κ3) is 5.47. The highest BCUT2D eigenvalue weighted by atomic mass is 19.4. The summed E-state index contributed by atoms with van der Waals surface area (Å²) in [6.07, 6.45) is -4.68. The molecule has 6 nitrogen and oxygen atoms in total. The van der Waals surface area contributed by atoms with Crippen LogP contribution in [0.2, 0.25) is 0 Å². The van der Waals surface area contributed by atoms with Crippen molar-refractivity contribution in [2.75, 3.05) is 19.6 Å². The fourth-order valence-corrected chi connectivity index (χ4v) is 2.60. The largest absolute Gasteiger partial charge is 0.471 e. The average Bonchev–Trinajstić information content (AvgIpc) is 2.60. The summed E-state index contributed by atoms with van der Waals surface area (Å²) in [5.74, 6) is -3.16. The van der Waals surface area contributed by atoms with E-state index in [-0.39, 0.29) is 32.5 Å². The molecule has 0 saturated carbocycles. The Labute approximate surface area is 148 Å². The van der Waals surface area contributed by atoms with E-state index >= 15 is 0 Å². The summed E-state index contributed by atoms with van der Waals surface area (Å²) in [6.45, 7) is 1.25. The van der Waals surface area contributed by atoms with Crippen LogP contribution in [0.5, 0.6) is 5.75 Å². The van der Waals surface area contributed by atoms with Crippen molar-refractivity contribution < 1.29 is 32.3 Å². The van der Waals surface area contributed by atoms with Gasteiger partial charge in [0.2, 0.25) is 5.91 Å². The first-order valence-electron chi connectivity index (χ1n) is 8.08. The number of alkyl halides is 3. The van der Waals surface area contributed by atoms with Crippen LogP contribution >= 0.6 is 0 Å². The number of hydrogen-bond donors (Lipinski definition) is 1. The standard InChI is InChI=1S/C17H19F3N2O4/c1-11-2-4-13(5-3-11)26-14(23)10-21-15(24)12-6-8-22(9-7-12)16(25)17(18,19)20/h2-5,12H,6-10H2,1H3,(H,21,24). The molecule has 1 saturated heterocycles. The molecule has 0 bridgehead atoms. The number of benzene rings is 1. The third-order valence-electron chi connectivity index (χ3n) is 4.06. The maximum absolute atomic E-state index is 12.4. The van der Waals surface area contributed by atoms with E-state index in [0.717, 1.165) is 5.56 Å². The summed E-state index contributed by atoms with van der Waals surface area (Å²) < 4.78 is 42.2. The van der Waals surface area contributed by atoms with Crippen molar-refractivity contribution in [2.45, 2.75) is 25.9 Å². The number of nitrogens with zero attached hydrogens (tertiary/aromatic N) is 1. The second kappa shape index (κ2) is 8.20. The highest BCUT2D eigenvalue weighted by molar-refractivity contribution is 5.85. The minimum absolute atomic E-state index is 0.112. The Bertz CT molecular complexity index is 666. The Morgan fingerprint density at radius 3 is 2.27 bits per heavy atom. The number of carbonyl (C=O) groups is 3. The molecule has 26 heavy (non-hydrogen) atoms. The molecule has 9 heteroatoms. The van der Waals surface area contributed by atoms with Crippen molar-refractivity contribution in [3.8, 4) is 5.75 Å². The Morgan fingerprint density at radius 1 is 1.15 bits per heavy atom. The number of rotatable bonds is 4. The van der Waals surface area contributed by atoms with Crippen LogP contribution in [0.1, 0.15) is 18.4 Å².